The Kier molecular flexibility index (Phi) is 8.55. The Balaban J connectivity index is 0.00000102. The molecular weight excluding hydrogens is 328 g/mol. The standard InChI is InChI=1S/C12H9ClF2O3.2CH3F/c1-5(14)10-8(12(16)17)3-6-2-7(13)4-9(15)11(6)18-10;2*1-2/h2-5,10H,1H3,(H,16,17);2*1H3. The second-order valence-corrected chi connectivity index (χ2v) is 4.36. The third-order valence-corrected chi connectivity index (χ3v) is 2.78. The minimum atomic E-state index is -1.57. The van der Waals surface area contributed by atoms with Gasteiger partial charge in [-0.25, -0.2) is 13.6 Å². The number of alkyl halides is 3. The maximum atomic E-state index is 13.6. The summed E-state index contributed by atoms with van der Waals surface area (Å²) >= 11 is 5.66. The predicted octanol–water partition coefficient (Wildman–Crippen LogP) is 4.24. The fraction of sp³-hybridized carbons (Fsp3) is 0.357. The quantitative estimate of drug-likeness (QED) is 0.818. The number of carboxylic acids is 1. The lowest BCUT2D eigenvalue weighted by atomic mass is 9.99. The van der Waals surface area contributed by atoms with E-state index < -0.39 is 24.1 Å². The van der Waals surface area contributed by atoms with Crippen molar-refractivity contribution in [2.75, 3.05) is 14.4 Å². The highest BCUT2D eigenvalue weighted by Gasteiger charge is 2.33. The van der Waals surface area contributed by atoms with Gasteiger partial charge in [0.15, 0.2) is 17.7 Å². The smallest absolute Gasteiger partial charge is 0.335 e. The number of hydrogen-bond acceptors (Lipinski definition) is 2. The molecule has 124 valence electrons. The molecule has 1 heterocycles. The molecule has 1 N–H and O–H groups in total. The first-order chi connectivity index (χ1) is 10.4. The Bertz CT molecular complexity index is 547. The maximum absolute atomic E-state index is 13.6. The molecule has 0 aliphatic carbocycles. The molecule has 3 nitrogen and oxygen atoms in total. The van der Waals surface area contributed by atoms with Gasteiger partial charge in [0.1, 0.15) is 6.17 Å². The molecule has 0 bridgehead atoms. The molecule has 0 aromatic heterocycles. The summed E-state index contributed by atoms with van der Waals surface area (Å²) < 4.78 is 51.0. The summed E-state index contributed by atoms with van der Waals surface area (Å²) in [6.45, 7) is 1.15. The first-order valence-electron chi connectivity index (χ1n) is 5.90. The van der Waals surface area contributed by atoms with Crippen LogP contribution in [-0.4, -0.2) is 37.7 Å². The number of fused-ring (bicyclic) bond motifs is 1. The van der Waals surface area contributed by atoms with E-state index in [9.17, 15) is 22.4 Å². The molecule has 2 unspecified atom stereocenters. The normalized spacial score (nSPS) is 16.5. The van der Waals surface area contributed by atoms with Crippen molar-refractivity contribution < 1.29 is 32.2 Å². The van der Waals surface area contributed by atoms with Crippen molar-refractivity contribution in [1.82, 2.24) is 0 Å². The maximum Gasteiger partial charge on any atom is 0.335 e. The largest absolute Gasteiger partial charge is 0.479 e. The SMILES string of the molecule is CC(F)C1Oc2c(F)cc(Cl)cc2C=C1C(=O)O.CF.CF. The molecule has 0 amide bonds. The van der Waals surface area contributed by atoms with Crippen LogP contribution in [-0.2, 0) is 4.79 Å². The molecule has 1 aromatic rings. The highest BCUT2D eigenvalue weighted by atomic mass is 35.5. The van der Waals surface area contributed by atoms with E-state index in [1.165, 1.54) is 12.1 Å². The van der Waals surface area contributed by atoms with Gasteiger partial charge >= 0.3 is 5.97 Å². The Morgan fingerprint density at radius 1 is 1.32 bits per heavy atom. The molecule has 0 radical (unpaired) electrons. The average molecular weight is 343 g/mol. The number of halogens is 5. The van der Waals surface area contributed by atoms with Gasteiger partial charge < -0.3 is 9.84 Å². The van der Waals surface area contributed by atoms with Gasteiger partial charge in [0.25, 0.3) is 0 Å². The van der Waals surface area contributed by atoms with Gasteiger partial charge in [0, 0.05) is 10.6 Å². The van der Waals surface area contributed by atoms with E-state index >= 15 is 0 Å². The van der Waals surface area contributed by atoms with Gasteiger partial charge in [-0.05, 0) is 25.1 Å². The van der Waals surface area contributed by atoms with Gasteiger partial charge in [-0.3, -0.25) is 8.78 Å². The van der Waals surface area contributed by atoms with Gasteiger partial charge in [-0.1, -0.05) is 11.6 Å². The molecule has 1 aliphatic rings. The molecule has 2 atom stereocenters. The van der Waals surface area contributed by atoms with Gasteiger partial charge in [0.05, 0.1) is 19.9 Å². The molecule has 1 aromatic carbocycles. The second kappa shape index (κ2) is 9.30. The summed E-state index contributed by atoms with van der Waals surface area (Å²) in [5, 5.41) is 9.09. The fourth-order valence-electron chi connectivity index (χ4n) is 1.78. The highest BCUT2D eigenvalue weighted by Crippen LogP contribution is 2.35. The molecule has 0 saturated heterocycles. The van der Waals surface area contributed by atoms with Crippen molar-refractivity contribution in [3.05, 3.63) is 34.1 Å². The number of benzene rings is 1. The van der Waals surface area contributed by atoms with Crippen LogP contribution in [0.3, 0.4) is 0 Å². The summed E-state index contributed by atoms with van der Waals surface area (Å²) in [6, 6.07) is 2.39. The first kappa shape index (κ1) is 20.2. The van der Waals surface area contributed by atoms with Crippen molar-refractivity contribution in [3.8, 4) is 5.75 Å². The second-order valence-electron chi connectivity index (χ2n) is 3.93. The van der Waals surface area contributed by atoms with Crippen LogP contribution in [0.4, 0.5) is 17.6 Å². The number of aliphatic carboxylic acids is 1. The van der Waals surface area contributed by atoms with Crippen molar-refractivity contribution in [1.29, 1.82) is 0 Å². The third kappa shape index (κ3) is 4.62. The molecule has 0 fully saturated rings. The van der Waals surface area contributed by atoms with Crippen LogP contribution in [0.1, 0.15) is 12.5 Å². The van der Waals surface area contributed by atoms with E-state index in [0.29, 0.717) is 14.4 Å². The van der Waals surface area contributed by atoms with E-state index in [1.54, 1.807) is 0 Å². The molecule has 1 aliphatic heterocycles. The predicted molar refractivity (Wildman–Crippen MR) is 76.1 cm³/mol. The zero-order chi connectivity index (χ0) is 17.4. The molecule has 22 heavy (non-hydrogen) atoms. The van der Waals surface area contributed by atoms with Gasteiger partial charge in [-0.2, -0.15) is 0 Å². The van der Waals surface area contributed by atoms with Crippen molar-refractivity contribution in [2.45, 2.75) is 19.2 Å². The minimum absolute atomic E-state index is 0.114. The molecular formula is C14H15ClF4O3. The molecule has 0 spiro atoms. The van der Waals surface area contributed by atoms with Crippen molar-refractivity contribution >= 4 is 23.6 Å². The summed E-state index contributed by atoms with van der Waals surface area (Å²) in [5.41, 5.74) is -0.0755. The van der Waals surface area contributed by atoms with E-state index in [2.05, 4.69) is 0 Å². The zero-order valence-electron chi connectivity index (χ0n) is 12.0. The Hall–Kier alpha value is -1.76. The van der Waals surface area contributed by atoms with Crippen LogP contribution in [0.2, 0.25) is 5.02 Å². The van der Waals surface area contributed by atoms with Crippen molar-refractivity contribution in [2.24, 2.45) is 0 Å². The summed E-state index contributed by atoms with van der Waals surface area (Å²) in [4.78, 5) is 11.0. The summed E-state index contributed by atoms with van der Waals surface area (Å²) in [6.07, 6.45) is -1.72. The number of rotatable bonds is 2. The van der Waals surface area contributed by atoms with Gasteiger partial charge in [0.2, 0.25) is 0 Å². The van der Waals surface area contributed by atoms with E-state index in [1.807, 2.05) is 0 Å². The van der Waals surface area contributed by atoms with Crippen molar-refractivity contribution in [3.63, 3.8) is 0 Å². The lowest BCUT2D eigenvalue weighted by molar-refractivity contribution is -0.134. The summed E-state index contributed by atoms with van der Waals surface area (Å²) in [5.74, 6) is -2.24. The van der Waals surface area contributed by atoms with E-state index in [-0.39, 0.29) is 21.9 Å². The zero-order valence-corrected chi connectivity index (χ0v) is 12.8. The molecule has 8 heteroatoms. The van der Waals surface area contributed by atoms with Crippen LogP contribution < -0.4 is 4.74 Å². The third-order valence-electron chi connectivity index (χ3n) is 2.56. The number of ether oxygens (including phenoxy) is 1. The fourth-order valence-corrected chi connectivity index (χ4v) is 1.99. The van der Waals surface area contributed by atoms with Crippen LogP contribution in [0.15, 0.2) is 17.7 Å². The van der Waals surface area contributed by atoms with Gasteiger partial charge in [-0.15, -0.1) is 0 Å². The minimum Gasteiger partial charge on any atom is -0.479 e. The number of carbonyl (C=O) groups is 1. The Labute approximate surface area is 130 Å². The molecule has 2 rings (SSSR count). The average Bonchev–Trinajstić information content (AvgIpc) is 2.49. The Morgan fingerprint density at radius 2 is 1.86 bits per heavy atom. The number of hydrogen-bond donors (Lipinski definition) is 1. The van der Waals surface area contributed by atoms with Crippen LogP contribution in [0, 0.1) is 5.82 Å². The lowest BCUT2D eigenvalue weighted by Crippen LogP contribution is -2.34. The Morgan fingerprint density at radius 3 is 2.32 bits per heavy atom. The monoisotopic (exact) mass is 342 g/mol. The topological polar surface area (TPSA) is 46.5 Å². The van der Waals surface area contributed by atoms with Crippen LogP contribution in [0.5, 0.6) is 5.75 Å². The van der Waals surface area contributed by atoms with Crippen LogP contribution >= 0.6 is 11.6 Å². The van der Waals surface area contributed by atoms with Crippen LogP contribution in [0.25, 0.3) is 6.08 Å². The molecule has 0 saturated carbocycles. The van der Waals surface area contributed by atoms with E-state index in [0.717, 1.165) is 13.0 Å². The lowest BCUT2D eigenvalue weighted by Gasteiger charge is -2.26. The summed E-state index contributed by atoms with van der Waals surface area (Å²) in [7, 11) is 1.00. The van der Waals surface area contributed by atoms with E-state index in [4.69, 9.17) is 21.4 Å². The first-order valence-corrected chi connectivity index (χ1v) is 6.28. The highest BCUT2D eigenvalue weighted by molar-refractivity contribution is 6.30. The number of carboxylic acid groups (broad SMARTS) is 1.